The molecule has 0 aliphatic rings. The van der Waals surface area contributed by atoms with Gasteiger partial charge in [0.2, 0.25) is 0 Å². The Kier molecular flexibility index (Phi) is 4.52. The molecular weight excluding hydrogens is 234 g/mol. The molecular formula is C16H17N3. The van der Waals surface area contributed by atoms with Crippen molar-refractivity contribution in [2.24, 2.45) is 0 Å². The normalized spacial score (nSPS) is 9.89. The molecule has 0 amide bonds. The number of nitriles is 1. The van der Waals surface area contributed by atoms with Crippen LogP contribution in [-0.2, 0) is 6.54 Å². The number of nitrogens with zero attached hydrogens (tertiary/aromatic N) is 3. The average Bonchev–Trinajstić information content (AvgIpc) is 2.48. The van der Waals surface area contributed by atoms with Gasteiger partial charge in [0.25, 0.3) is 0 Å². The molecule has 2 aromatic rings. The van der Waals surface area contributed by atoms with Gasteiger partial charge in [-0.3, -0.25) is 0 Å². The Morgan fingerprint density at radius 3 is 2.58 bits per heavy atom. The van der Waals surface area contributed by atoms with Crippen molar-refractivity contribution in [2.45, 2.75) is 19.9 Å². The number of anilines is 1. The van der Waals surface area contributed by atoms with Crippen LogP contribution in [0.4, 0.5) is 5.82 Å². The van der Waals surface area contributed by atoms with Crippen molar-refractivity contribution in [1.29, 1.82) is 5.26 Å². The van der Waals surface area contributed by atoms with E-state index in [0.717, 1.165) is 25.3 Å². The lowest BCUT2D eigenvalue weighted by atomic mass is 10.2. The fourth-order valence-electron chi connectivity index (χ4n) is 2.01. The van der Waals surface area contributed by atoms with Gasteiger partial charge in [0.15, 0.2) is 0 Å². The lowest BCUT2D eigenvalue weighted by Gasteiger charge is -2.23. The maximum absolute atomic E-state index is 8.93. The second-order valence-corrected chi connectivity index (χ2v) is 4.40. The van der Waals surface area contributed by atoms with Crippen molar-refractivity contribution in [3.63, 3.8) is 0 Å². The summed E-state index contributed by atoms with van der Waals surface area (Å²) in [4.78, 5) is 6.58. The van der Waals surface area contributed by atoms with Crippen molar-refractivity contribution in [3.05, 3.63) is 59.8 Å². The fourth-order valence-corrected chi connectivity index (χ4v) is 2.01. The van der Waals surface area contributed by atoms with Crippen LogP contribution in [0.3, 0.4) is 0 Å². The van der Waals surface area contributed by atoms with E-state index < -0.39 is 0 Å². The van der Waals surface area contributed by atoms with Crippen LogP contribution in [0, 0.1) is 11.3 Å². The van der Waals surface area contributed by atoms with Gasteiger partial charge in [-0.05, 0) is 24.1 Å². The Bertz CT molecular complexity index is 558. The highest BCUT2D eigenvalue weighted by molar-refractivity contribution is 5.42. The predicted molar refractivity (Wildman–Crippen MR) is 76.7 cm³/mol. The molecule has 1 heterocycles. The van der Waals surface area contributed by atoms with Gasteiger partial charge in [-0.15, -0.1) is 0 Å². The van der Waals surface area contributed by atoms with Crippen molar-refractivity contribution in [1.82, 2.24) is 4.98 Å². The largest absolute Gasteiger partial charge is 0.352 e. The maximum Gasteiger partial charge on any atom is 0.142 e. The van der Waals surface area contributed by atoms with Crippen LogP contribution in [0.5, 0.6) is 0 Å². The monoisotopic (exact) mass is 251 g/mol. The zero-order chi connectivity index (χ0) is 13.5. The minimum atomic E-state index is 0.465. The van der Waals surface area contributed by atoms with Gasteiger partial charge in [-0.25, -0.2) is 4.98 Å². The van der Waals surface area contributed by atoms with Crippen LogP contribution in [-0.4, -0.2) is 11.5 Å². The highest BCUT2D eigenvalue weighted by Crippen LogP contribution is 2.15. The van der Waals surface area contributed by atoms with Crippen LogP contribution in [0.15, 0.2) is 48.5 Å². The van der Waals surface area contributed by atoms with E-state index in [9.17, 15) is 0 Å². The minimum absolute atomic E-state index is 0.465. The second-order valence-electron chi connectivity index (χ2n) is 4.40. The van der Waals surface area contributed by atoms with Crippen molar-refractivity contribution < 1.29 is 0 Å². The Morgan fingerprint density at radius 2 is 1.89 bits per heavy atom. The SMILES string of the molecule is CCCN(Cc1ccccc1)c1cccc(C#N)n1. The van der Waals surface area contributed by atoms with Gasteiger partial charge >= 0.3 is 0 Å². The second kappa shape index (κ2) is 6.55. The van der Waals surface area contributed by atoms with Gasteiger partial charge < -0.3 is 4.90 Å². The lowest BCUT2D eigenvalue weighted by Crippen LogP contribution is -2.24. The number of benzene rings is 1. The number of rotatable bonds is 5. The van der Waals surface area contributed by atoms with E-state index in [-0.39, 0.29) is 0 Å². The number of hydrogen-bond donors (Lipinski definition) is 0. The molecule has 0 aliphatic heterocycles. The Morgan fingerprint density at radius 1 is 1.11 bits per heavy atom. The van der Waals surface area contributed by atoms with Gasteiger partial charge in [0.05, 0.1) is 0 Å². The molecule has 0 unspecified atom stereocenters. The summed E-state index contributed by atoms with van der Waals surface area (Å²) in [5.74, 6) is 0.866. The number of pyridine rings is 1. The predicted octanol–water partition coefficient (Wildman–Crippen LogP) is 3.37. The Hall–Kier alpha value is -2.34. The molecule has 0 radical (unpaired) electrons. The molecule has 0 bridgehead atoms. The zero-order valence-corrected chi connectivity index (χ0v) is 11.1. The first-order valence-electron chi connectivity index (χ1n) is 6.49. The molecule has 0 saturated carbocycles. The van der Waals surface area contributed by atoms with Crippen LogP contribution >= 0.6 is 0 Å². The summed E-state index contributed by atoms with van der Waals surface area (Å²) in [6, 6.07) is 18.0. The van der Waals surface area contributed by atoms with Gasteiger partial charge in [-0.2, -0.15) is 5.26 Å². The standard InChI is InChI=1S/C16H17N3/c1-2-11-19(13-14-7-4-3-5-8-14)16-10-6-9-15(12-17)18-16/h3-10H,2,11,13H2,1H3. The third-order valence-corrected chi connectivity index (χ3v) is 2.88. The first-order chi connectivity index (χ1) is 9.33. The lowest BCUT2D eigenvalue weighted by molar-refractivity contribution is 0.754. The highest BCUT2D eigenvalue weighted by Gasteiger charge is 2.08. The molecule has 96 valence electrons. The zero-order valence-electron chi connectivity index (χ0n) is 11.1. The highest BCUT2D eigenvalue weighted by atomic mass is 15.2. The van der Waals surface area contributed by atoms with Gasteiger partial charge in [0, 0.05) is 13.1 Å². The topological polar surface area (TPSA) is 39.9 Å². The molecule has 0 saturated heterocycles. The van der Waals surface area contributed by atoms with E-state index >= 15 is 0 Å². The number of hydrogen-bond acceptors (Lipinski definition) is 3. The molecule has 0 aliphatic carbocycles. The van der Waals surface area contributed by atoms with E-state index in [2.05, 4.69) is 35.0 Å². The molecule has 3 nitrogen and oxygen atoms in total. The van der Waals surface area contributed by atoms with Crippen molar-refractivity contribution in [3.8, 4) is 6.07 Å². The molecule has 0 N–H and O–H groups in total. The van der Waals surface area contributed by atoms with E-state index in [4.69, 9.17) is 5.26 Å². The summed E-state index contributed by atoms with van der Waals surface area (Å²) in [5, 5.41) is 8.93. The smallest absolute Gasteiger partial charge is 0.142 e. The minimum Gasteiger partial charge on any atom is -0.352 e. The molecule has 3 heteroatoms. The number of aromatic nitrogens is 1. The Balaban J connectivity index is 2.22. The molecule has 19 heavy (non-hydrogen) atoms. The van der Waals surface area contributed by atoms with Crippen LogP contribution < -0.4 is 4.90 Å². The fraction of sp³-hybridized carbons (Fsp3) is 0.250. The molecule has 0 fully saturated rings. The molecule has 0 spiro atoms. The summed E-state index contributed by atoms with van der Waals surface area (Å²) in [6.07, 6.45) is 1.05. The molecule has 1 aromatic heterocycles. The van der Waals surface area contributed by atoms with E-state index in [1.165, 1.54) is 5.56 Å². The Labute approximate surface area is 114 Å². The first kappa shape index (κ1) is 13.1. The maximum atomic E-state index is 8.93. The molecule has 1 aromatic carbocycles. The third kappa shape index (κ3) is 3.56. The summed E-state index contributed by atoms with van der Waals surface area (Å²) < 4.78 is 0. The van der Waals surface area contributed by atoms with Crippen molar-refractivity contribution >= 4 is 5.82 Å². The van der Waals surface area contributed by atoms with Crippen LogP contribution in [0.25, 0.3) is 0 Å². The van der Waals surface area contributed by atoms with Crippen LogP contribution in [0.2, 0.25) is 0 Å². The molecule has 2 rings (SSSR count). The third-order valence-electron chi connectivity index (χ3n) is 2.88. The van der Waals surface area contributed by atoms with Crippen LogP contribution in [0.1, 0.15) is 24.6 Å². The summed E-state index contributed by atoms with van der Waals surface area (Å²) in [7, 11) is 0. The summed E-state index contributed by atoms with van der Waals surface area (Å²) in [5.41, 5.74) is 1.71. The van der Waals surface area contributed by atoms with Gasteiger partial charge in [0.1, 0.15) is 17.6 Å². The van der Waals surface area contributed by atoms with E-state index in [0.29, 0.717) is 5.69 Å². The first-order valence-corrected chi connectivity index (χ1v) is 6.49. The summed E-state index contributed by atoms with van der Waals surface area (Å²) >= 11 is 0. The molecule has 0 atom stereocenters. The van der Waals surface area contributed by atoms with E-state index in [1.807, 2.05) is 30.3 Å². The average molecular weight is 251 g/mol. The van der Waals surface area contributed by atoms with E-state index in [1.54, 1.807) is 6.07 Å². The summed E-state index contributed by atoms with van der Waals surface area (Å²) in [6.45, 7) is 3.89. The quantitative estimate of drug-likeness (QED) is 0.818. The van der Waals surface area contributed by atoms with Gasteiger partial charge in [-0.1, -0.05) is 43.3 Å². The van der Waals surface area contributed by atoms with Crippen molar-refractivity contribution in [2.75, 3.05) is 11.4 Å².